The van der Waals surface area contributed by atoms with Crippen LogP contribution >= 0.6 is 0 Å². The largest absolute Gasteiger partial charge is 0.356 e. The van der Waals surface area contributed by atoms with Crippen LogP contribution in [0.3, 0.4) is 0 Å². The molecule has 4 bridgehead atoms. The summed E-state index contributed by atoms with van der Waals surface area (Å²) in [5, 5.41) is 6.11. The number of nitrogens with zero attached hydrogens (tertiary/aromatic N) is 1. The summed E-state index contributed by atoms with van der Waals surface area (Å²) in [5.41, 5.74) is 0.995. The van der Waals surface area contributed by atoms with Crippen LogP contribution in [0.5, 0.6) is 0 Å². The molecule has 1 heterocycles. The molecule has 0 aromatic heterocycles. The zero-order chi connectivity index (χ0) is 20.1. The van der Waals surface area contributed by atoms with Gasteiger partial charge >= 0.3 is 0 Å². The van der Waals surface area contributed by atoms with E-state index in [0.717, 1.165) is 30.7 Å². The number of carbonyl (C=O) groups excluding carboxylic acids is 1. The maximum Gasteiger partial charge on any atom is 0.286 e. The average molecular weight is 416 g/mol. The van der Waals surface area contributed by atoms with E-state index in [1.54, 1.807) is 18.2 Å². The number of para-hydroxylation sites is 1. The van der Waals surface area contributed by atoms with E-state index in [1.807, 2.05) is 0 Å². The molecule has 1 aromatic rings. The Labute approximate surface area is 172 Å². The van der Waals surface area contributed by atoms with Crippen molar-refractivity contribution in [3.63, 3.8) is 0 Å². The van der Waals surface area contributed by atoms with Crippen LogP contribution in [0.4, 0.5) is 5.69 Å². The monoisotopic (exact) mass is 415 g/mol. The highest BCUT2D eigenvalue weighted by atomic mass is 32.2. The highest BCUT2D eigenvalue weighted by Crippen LogP contribution is 2.61. The molecule has 156 valence electrons. The second-order valence-electron chi connectivity index (χ2n) is 9.65. The molecule has 0 spiro atoms. The van der Waals surface area contributed by atoms with E-state index in [1.165, 1.54) is 44.6 Å². The van der Waals surface area contributed by atoms with E-state index in [2.05, 4.69) is 15.0 Å². The number of amidine groups is 1. The first-order valence-electron chi connectivity index (χ1n) is 10.9. The molecule has 5 aliphatic rings. The van der Waals surface area contributed by atoms with Gasteiger partial charge < -0.3 is 10.6 Å². The molecule has 4 fully saturated rings. The van der Waals surface area contributed by atoms with Crippen LogP contribution in [0, 0.1) is 23.2 Å². The second kappa shape index (κ2) is 7.11. The minimum atomic E-state index is -3.69. The molecular weight excluding hydrogens is 386 g/mol. The van der Waals surface area contributed by atoms with Crippen LogP contribution in [-0.2, 0) is 14.8 Å². The summed E-state index contributed by atoms with van der Waals surface area (Å²) in [6.07, 6.45) is 9.99. The molecule has 2 N–H and O–H groups in total. The van der Waals surface area contributed by atoms with Gasteiger partial charge in [0.05, 0.1) is 5.69 Å². The summed E-state index contributed by atoms with van der Waals surface area (Å²) in [6, 6.07) is 6.71. The summed E-state index contributed by atoms with van der Waals surface area (Å²) < 4.78 is 28.4. The van der Waals surface area contributed by atoms with Gasteiger partial charge in [0.25, 0.3) is 10.0 Å². The van der Waals surface area contributed by atoms with Crippen molar-refractivity contribution in [3.8, 4) is 0 Å². The molecule has 7 heteroatoms. The first-order chi connectivity index (χ1) is 13.9. The Kier molecular flexibility index (Phi) is 4.68. The van der Waals surface area contributed by atoms with Crippen LogP contribution in [0.25, 0.3) is 0 Å². The lowest BCUT2D eigenvalue weighted by atomic mass is 9.49. The summed E-state index contributed by atoms with van der Waals surface area (Å²) >= 11 is 0. The van der Waals surface area contributed by atoms with Gasteiger partial charge in [-0.15, -0.1) is 4.40 Å². The maximum atomic E-state index is 12.3. The van der Waals surface area contributed by atoms with E-state index < -0.39 is 10.0 Å². The predicted molar refractivity (Wildman–Crippen MR) is 112 cm³/mol. The Balaban J connectivity index is 1.12. The fourth-order valence-corrected chi connectivity index (χ4v) is 7.83. The Morgan fingerprint density at radius 3 is 2.45 bits per heavy atom. The number of nitrogens with one attached hydrogen (secondary N) is 2. The van der Waals surface area contributed by atoms with Gasteiger partial charge in [0.1, 0.15) is 10.7 Å². The third-order valence-corrected chi connectivity index (χ3v) is 8.78. The van der Waals surface area contributed by atoms with E-state index in [0.29, 0.717) is 16.9 Å². The standard InChI is InChI=1S/C22H29N3O3S/c26-21(6-5-20-24-18-3-1-2-4-19(18)29(27,28)25-20)23-8-7-22-12-15-9-16(13-22)11-17(10-15)14-22/h1-4,15-17H,5-14H2,(H,23,26)(H,24,25). The fraction of sp³-hybridized carbons (Fsp3) is 0.636. The lowest BCUT2D eigenvalue weighted by Crippen LogP contribution is -2.47. The number of anilines is 1. The minimum absolute atomic E-state index is 0.0320. The Morgan fingerprint density at radius 2 is 1.76 bits per heavy atom. The number of rotatable bonds is 6. The van der Waals surface area contributed by atoms with Gasteiger partial charge in [0, 0.05) is 19.4 Å². The molecule has 0 unspecified atom stereocenters. The Bertz CT molecular complexity index is 919. The summed E-state index contributed by atoms with van der Waals surface area (Å²) in [5.74, 6) is 3.09. The molecule has 1 amide bonds. The van der Waals surface area contributed by atoms with Gasteiger partial charge in [0.15, 0.2) is 0 Å². The second-order valence-corrected chi connectivity index (χ2v) is 11.2. The van der Waals surface area contributed by atoms with E-state index in [-0.39, 0.29) is 23.6 Å². The Hall–Kier alpha value is -1.89. The van der Waals surface area contributed by atoms with E-state index >= 15 is 0 Å². The molecule has 6 nitrogen and oxygen atoms in total. The average Bonchev–Trinajstić information content (AvgIpc) is 2.65. The summed E-state index contributed by atoms with van der Waals surface area (Å²) in [7, 11) is -3.69. The van der Waals surface area contributed by atoms with Crippen LogP contribution < -0.4 is 10.6 Å². The van der Waals surface area contributed by atoms with Crippen molar-refractivity contribution in [2.45, 2.75) is 62.7 Å². The van der Waals surface area contributed by atoms with Gasteiger partial charge in [-0.3, -0.25) is 4.79 Å². The van der Waals surface area contributed by atoms with E-state index in [9.17, 15) is 13.2 Å². The Morgan fingerprint density at radius 1 is 1.10 bits per heavy atom. The number of hydrogen-bond acceptors (Lipinski definition) is 4. The number of amides is 1. The maximum absolute atomic E-state index is 12.3. The third kappa shape index (κ3) is 3.81. The van der Waals surface area contributed by atoms with Crippen LogP contribution in [0.2, 0.25) is 0 Å². The van der Waals surface area contributed by atoms with Gasteiger partial charge in [0.2, 0.25) is 5.91 Å². The van der Waals surface area contributed by atoms with Crippen molar-refractivity contribution < 1.29 is 13.2 Å². The van der Waals surface area contributed by atoms with Crippen LogP contribution in [-0.4, -0.2) is 26.7 Å². The van der Waals surface area contributed by atoms with Gasteiger partial charge in [-0.2, -0.15) is 8.42 Å². The molecule has 4 aliphatic carbocycles. The smallest absolute Gasteiger partial charge is 0.286 e. The topological polar surface area (TPSA) is 87.6 Å². The van der Waals surface area contributed by atoms with Crippen molar-refractivity contribution in [3.05, 3.63) is 24.3 Å². The van der Waals surface area contributed by atoms with Crippen molar-refractivity contribution in [1.82, 2.24) is 5.32 Å². The number of hydrogen-bond donors (Lipinski definition) is 2. The molecule has 6 rings (SSSR count). The van der Waals surface area contributed by atoms with Gasteiger partial charge in [-0.05, 0) is 80.2 Å². The number of carbonyl (C=O) groups is 1. The molecule has 29 heavy (non-hydrogen) atoms. The lowest BCUT2D eigenvalue weighted by Gasteiger charge is -2.57. The van der Waals surface area contributed by atoms with Crippen LogP contribution in [0.15, 0.2) is 33.6 Å². The lowest BCUT2D eigenvalue weighted by molar-refractivity contribution is -0.121. The van der Waals surface area contributed by atoms with Crippen molar-refractivity contribution >= 4 is 27.5 Å². The summed E-state index contributed by atoms with van der Waals surface area (Å²) in [6.45, 7) is 0.728. The zero-order valence-corrected chi connectivity index (χ0v) is 17.5. The molecular formula is C22H29N3O3S. The predicted octanol–water partition coefficient (Wildman–Crippen LogP) is 3.70. The molecule has 0 saturated heterocycles. The first-order valence-corrected chi connectivity index (χ1v) is 12.3. The normalized spacial score (nSPS) is 33.5. The number of benzene rings is 1. The third-order valence-electron chi connectivity index (χ3n) is 7.41. The highest BCUT2D eigenvalue weighted by Gasteiger charge is 2.50. The summed E-state index contributed by atoms with van der Waals surface area (Å²) in [4.78, 5) is 12.5. The zero-order valence-electron chi connectivity index (χ0n) is 16.7. The van der Waals surface area contributed by atoms with Gasteiger partial charge in [-0.25, -0.2) is 0 Å². The number of fused-ring (bicyclic) bond motifs is 1. The minimum Gasteiger partial charge on any atom is -0.356 e. The fourth-order valence-electron chi connectivity index (χ4n) is 6.66. The van der Waals surface area contributed by atoms with Crippen molar-refractivity contribution in [2.75, 3.05) is 11.9 Å². The number of sulfonamides is 1. The molecule has 4 saturated carbocycles. The molecule has 0 atom stereocenters. The molecule has 0 radical (unpaired) electrons. The quantitative estimate of drug-likeness (QED) is 0.742. The molecule has 1 aromatic carbocycles. The van der Waals surface area contributed by atoms with Crippen molar-refractivity contribution in [2.24, 2.45) is 27.6 Å². The van der Waals surface area contributed by atoms with E-state index in [4.69, 9.17) is 0 Å². The van der Waals surface area contributed by atoms with Gasteiger partial charge in [-0.1, -0.05) is 12.1 Å². The SMILES string of the molecule is O=C(CCC1=NS(=O)(=O)c2ccccc2N1)NCCC12CC3CC(CC(C3)C1)C2. The van der Waals surface area contributed by atoms with Crippen LogP contribution in [0.1, 0.15) is 57.8 Å². The molecule has 1 aliphatic heterocycles. The first kappa shape index (κ1) is 19.1. The van der Waals surface area contributed by atoms with Crippen molar-refractivity contribution in [1.29, 1.82) is 0 Å². The highest BCUT2D eigenvalue weighted by molar-refractivity contribution is 7.90.